The number of hydrogen-bond donors (Lipinski definition) is 1. The van der Waals surface area contributed by atoms with Crippen molar-refractivity contribution < 1.29 is 13.9 Å². The lowest BCUT2D eigenvalue weighted by molar-refractivity contribution is -0.116. The van der Waals surface area contributed by atoms with Crippen LogP contribution in [0.1, 0.15) is 31.2 Å². The number of anilines is 1. The number of para-hydroxylation sites is 2. The number of hydrogen-bond acceptors (Lipinski definition) is 3. The Balaban J connectivity index is 1.44. The number of likely N-dealkylation sites (tertiary alicyclic amines) is 1. The van der Waals surface area contributed by atoms with Crippen LogP contribution in [0.15, 0.2) is 54.6 Å². The van der Waals surface area contributed by atoms with E-state index >= 15 is 0 Å². The van der Waals surface area contributed by atoms with Crippen LogP contribution in [-0.4, -0.2) is 37.6 Å². The monoisotopic (exact) mass is 396 g/mol. The Morgan fingerprint density at radius 1 is 1.24 bits per heavy atom. The summed E-state index contributed by atoms with van der Waals surface area (Å²) in [4.78, 5) is 14.6. The summed E-state index contributed by atoms with van der Waals surface area (Å²) in [5.74, 6) is 0.853. The molecule has 3 rings (SSSR count). The summed E-state index contributed by atoms with van der Waals surface area (Å²) < 4.78 is 19.0. The van der Waals surface area contributed by atoms with Crippen LogP contribution in [0.2, 0.25) is 0 Å². The topological polar surface area (TPSA) is 41.6 Å². The largest absolute Gasteiger partial charge is 0.496 e. The van der Waals surface area contributed by atoms with E-state index in [0.717, 1.165) is 50.2 Å². The molecule has 5 heteroatoms. The normalized spacial score (nSPS) is 17.4. The van der Waals surface area contributed by atoms with Crippen molar-refractivity contribution >= 4 is 17.7 Å². The van der Waals surface area contributed by atoms with Crippen LogP contribution in [0.4, 0.5) is 10.1 Å². The van der Waals surface area contributed by atoms with E-state index in [0.29, 0.717) is 12.3 Å². The van der Waals surface area contributed by atoms with Crippen LogP contribution >= 0.6 is 0 Å². The van der Waals surface area contributed by atoms with Crippen LogP contribution in [0, 0.1) is 11.7 Å². The fourth-order valence-electron chi connectivity index (χ4n) is 3.80. The number of amides is 1. The van der Waals surface area contributed by atoms with Gasteiger partial charge in [-0.15, -0.1) is 0 Å². The number of carbonyl (C=O) groups excluding carboxylic acids is 1. The number of nitrogens with one attached hydrogen (secondary N) is 1. The van der Waals surface area contributed by atoms with Crippen molar-refractivity contribution in [1.82, 2.24) is 4.90 Å². The zero-order valence-electron chi connectivity index (χ0n) is 16.9. The quantitative estimate of drug-likeness (QED) is 0.684. The minimum atomic E-state index is -0.397. The third-order valence-corrected chi connectivity index (χ3v) is 5.33. The second-order valence-electron chi connectivity index (χ2n) is 7.48. The van der Waals surface area contributed by atoms with Gasteiger partial charge in [-0.3, -0.25) is 9.69 Å². The Labute approximate surface area is 172 Å². The molecule has 0 aliphatic carbocycles. The Morgan fingerprint density at radius 2 is 2.03 bits per heavy atom. The lowest BCUT2D eigenvalue weighted by Gasteiger charge is -2.31. The second-order valence-corrected chi connectivity index (χ2v) is 7.48. The molecule has 2 aromatic rings. The van der Waals surface area contributed by atoms with E-state index in [9.17, 15) is 9.18 Å². The van der Waals surface area contributed by atoms with Crippen LogP contribution in [0.25, 0.3) is 6.08 Å². The number of piperidine rings is 1. The number of methoxy groups -OCH3 is 1. The Hall–Kier alpha value is -2.66. The molecule has 0 aromatic heterocycles. The van der Waals surface area contributed by atoms with E-state index in [1.807, 2.05) is 24.3 Å². The number of benzene rings is 2. The minimum Gasteiger partial charge on any atom is -0.496 e. The van der Waals surface area contributed by atoms with E-state index in [1.54, 1.807) is 25.3 Å². The van der Waals surface area contributed by atoms with Gasteiger partial charge in [0, 0.05) is 25.1 Å². The maximum Gasteiger partial charge on any atom is 0.224 e. The maximum absolute atomic E-state index is 13.6. The fourth-order valence-corrected chi connectivity index (χ4v) is 3.80. The van der Waals surface area contributed by atoms with Crippen molar-refractivity contribution in [1.29, 1.82) is 0 Å². The van der Waals surface area contributed by atoms with Crippen molar-refractivity contribution in [3.8, 4) is 5.75 Å². The average molecular weight is 397 g/mol. The van der Waals surface area contributed by atoms with Gasteiger partial charge < -0.3 is 10.1 Å². The SMILES string of the molecule is COc1ccccc1/C=C/CN1CCCC(CCC(=O)Nc2ccccc2F)C1. The maximum atomic E-state index is 13.6. The summed E-state index contributed by atoms with van der Waals surface area (Å²) >= 11 is 0. The van der Waals surface area contributed by atoms with Crippen LogP contribution in [-0.2, 0) is 4.79 Å². The molecule has 1 saturated heterocycles. The number of rotatable bonds is 8. The molecule has 1 amide bonds. The van der Waals surface area contributed by atoms with Gasteiger partial charge >= 0.3 is 0 Å². The lowest BCUT2D eigenvalue weighted by atomic mass is 9.93. The van der Waals surface area contributed by atoms with E-state index in [1.165, 1.54) is 6.07 Å². The first-order valence-corrected chi connectivity index (χ1v) is 10.2. The summed E-state index contributed by atoms with van der Waals surface area (Å²) in [6.45, 7) is 2.95. The highest BCUT2D eigenvalue weighted by atomic mass is 19.1. The molecule has 154 valence electrons. The summed E-state index contributed by atoms with van der Waals surface area (Å²) in [5.41, 5.74) is 1.33. The van der Waals surface area contributed by atoms with Crippen molar-refractivity contribution in [2.24, 2.45) is 5.92 Å². The van der Waals surface area contributed by atoms with Crippen LogP contribution in [0.3, 0.4) is 0 Å². The first kappa shape index (κ1) is 21.1. The average Bonchev–Trinajstić information content (AvgIpc) is 2.75. The lowest BCUT2D eigenvalue weighted by Crippen LogP contribution is -2.35. The zero-order chi connectivity index (χ0) is 20.5. The third-order valence-electron chi connectivity index (χ3n) is 5.33. The van der Waals surface area contributed by atoms with Gasteiger partial charge in [-0.1, -0.05) is 42.5 Å². The number of nitrogens with zero attached hydrogens (tertiary/aromatic N) is 1. The van der Waals surface area contributed by atoms with Gasteiger partial charge in [0.05, 0.1) is 12.8 Å². The minimum absolute atomic E-state index is 0.122. The van der Waals surface area contributed by atoms with Gasteiger partial charge in [-0.25, -0.2) is 4.39 Å². The van der Waals surface area contributed by atoms with Crippen molar-refractivity contribution in [2.45, 2.75) is 25.7 Å². The first-order valence-electron chi connectivity index (χ1n) is 10.2. The Morgan fingerprint density at radius 3 is 2.86 bits per heavy atom. The molecule has 0 spiro atoms. The second kappa shape index (κ2) is 10.8. The third kappa shape index (κ3) is 6.43. The summed E-state index contributed by atoms with van der Waals surface area (Å²) in [5, 5.41) is 2.67. The standard InChI is InChI=1S/C24H29FN2O2/c1-29-23-13-5-2-9-20(23)10-7-17-27-16-6-8-19(18-27)14-15-24(28)26-22-12-4-3-11-21(22)25/h2-5,7,9-13,19H,6,8,14-18H2,1H3,(H,26,28)/b10-7+. The van der Waals surface area contributed by atoms with Crippen molar-refractivity contribution in [3.63, 3.8) is 0 Å². The number of ether oxygens (including phenoxy) is 1. The fraction of sp³-hybridized carbons (Fsp3) is 0.375. The van der Waals surface area contributed by atoms with E-state index < -0.39 is 5.82 Å². The zero-order valence-corrected chi connectivity index (χ0v) is 16.9. The Bertz CT molecular complexity index is 837. The molecule has 0 radical (unpaired) electrons. The molecular formula is C24H29FN2O2. The van der Waals surface area contributed by atoms with Gasteiger partial charge in [0.2, 0.25) is 5.91 Å². The molecule has 1 heterocycles. The molecule has 1 unspecified atom stereocenters. The molecule has 1 aliphatic heterocycles. The molecule has 1 atom stereocenters. The molecule has 29 heavy (non-hydrogen) atoms. The smallest absolute Gasteiger partial charge is 0.224 e. The van der Waals surface area contributed by atoms with Gasteiger partial charge in [0.15, 0.2) is 0 Å². The molecule has 0 saturated carbocycles. The molecule has 1 fully saturated rings. The first-order chi connectivity index (χ1) is 14.2. The van der Waals surface area contributed by atoms with Gasteiger partial charge in [0.1, 0.15) is 11.6 Å². The Kier molecular flexibility index (Phi) is 7.82. The van der Waals surface area contributed by atoms with Gasteiger partial charge in [0.25, 0.3) is 0 Å². The number of halogens is 1. The molecular weight excluding hydrogens is 367 g/mol. The molecule has 1 N–H and O–H groups in total. The highest BCUT2D eigenvalue weighted by Crippen LogP contribution is 2.23. The highest BCUT2D eigenvalue weighted by Gasteiger charge is 2.20. The van der Waals surface area contributed by atoms with E-state index in [2.05, 4.69) is 22.4 Å². The molecule has 0 bridgehead atoms. The highest BCUT2D eigenvalue weighted by molar-refractivity contribution is 5.90. The van der Waals surface area contributed by atoms with E-state index in [-0.39, 0.29) is 11.6 Å². The molecule has 2 aromatic carbocycles. The van der Waals surface area contributed by atoms with Crippen molar-refractivity contribution in [2.75, 3.05) is 32.1 Å². The molecule has 4 nitrogen and oxygen atoms in total. The predicted octanol–water partition coefficient (Wildman–Crippen LogP) is 4.98. The van der Waals surface area contributed by atoms with Crippen LogP contribution < -0.4 is 10.1 Å². The summed E-state index contributed by atoms with van der Waals surface area (Å²) in [6, 6.07) is 14.3. The van der Waals surface area contributed by atoms with Crippen LogP contribution in [0.5, 0.6) is 5.75 Å². The van der Waals surface area contributed by atoms with Crippen molar-refractivity contribution in [3.05, 3.63) is 66.0 Å². The van der Waals surface area contributed by atoms with Gasteiger partial charge in [-0.05, 0) is 49.9 Å². The number of carbonyl (C=O) groups is 1. The molecule has 1 aliphatic rings. The summed E-state index contributed by atoms with van der Waals surface area (Å²) in [7, 11) is 1.68. The van der Waals surface area contributed by atoms with Gasteiger partial charge in [-0.2, -0.15) is 0 Å². The predicted molar refractivity (Wildman–Crippen MR) is 115 cm³/mol. The van der Waals surface area contributed by atoms with E-state index in [4.69, 9.17) is 4.74 Å². The summed E-state index contributed by atoms with van der Waals surface area (Å²) in [6.07, 6.45) is 7.80.